The van der Waals surface area contributed by atoms with E-state index < -0.39 is 0 Å². The molecular weight excluding hydrogens is 358 g/mol. The normalized spacial score (nSPS) is 9.96. The number of nitrogens with two attached hydrogens (primary N) is 1. The number of nitrogens with zero attached hydrogens (tertiary/aromatic N) is 1. The van der Waals surface area contributed by atoms with E-state index in [1.807, 2.05) is 41.8 Å². The van der Waals surface area contributed by atoms with Gasteiger partial charge in [-0.25, -0.2) is 0 Å². The van der Waals surface area contributed by atoms with Crippen LogP contribution in [0.1, 0.15) is 21.7 Å². The summed E-state index contributed by atoms with van der Waals surface area (Å²) < 4.78 is 0. The van der Waals surface area contributed by atoms with Crippen LogP contribution in [0.2, 0.25) is 0 Å². The molecule has 2 rings (SSSR count). The molecule has 2 amide bonds. The van der Waals surface area contributed by atoms with Crippen LogP contribution < -0.4 is 11.1 Å². The van der Waals surface area contributed by atoms with Crippen molar-refractivity contribution in [1.29, 1.82) is 0 Å². The molecule has 25 heavy (non-hydrogen) atoms. The van der Waals surface area contributed by atoms with Crippen molar-refractivity contribution in [3.05, 3.63) is 58.3 Å². The van der Waals surface area contributed by atoms with Gasteiger partial charge < -0.3 is 16.0 Å². The molecule has 0 spiro atoms. The molecule has 2 aromatic rings. The maximum Gasteiger partial charge on any atom is 0.261 e. The lowest BCUT2D eigenvalue weighted by atomic mass is 10.1. The molecule has 136 valence electrons. The van der Waals surface area contributed by atoms with Crippen molar-refractivity contribution in [3.63, 3.8) is 0 Å². The summed E-state index contributed by atoms with van der Waals surface area (Å²) in [6.07, 6.45) is 1.08. The summed E-state index contributed by atoms with van der Waals surface area (Å²) in [4.78, 5) is 26.6. The summed E-state index contributed by atoms with van der Waals surface area (Å²) in [5, 5.41) is 4.63. The SMILES string of the molecule is Cl.NCCN(CCc1ccccc1)C(=O)CCNC(=O)c1cccs1. The van der Waals surface area contributed by atoms with Crippen LogP contribution in [0.3, 0.4) is 0 Å². The molecule has 0 aliphatic heterocycles. The predicted octanol–water partition coefficient (Wildman–Crippen LogP) is 2.32. The van der Waals surface area contributed by atoms with Gasteiger partial charge in [-0.05, 0) is 23.4 Å². The molecule has 1 heterocycles. The number of benzene rings is 1. The van der Waals surface area contributed by atoms with Gasteiger partial charge in [-0.2, -0.15) is 0 Å². The molecule has 3 N–H and O–H groups in total. The van der Waals surface area contributed by atoms with Crippen molar-refractivity contribution in [3.8, 4) is 0 Å². The number of nitrogens with one attached hydrogen (secondary N) is 1. The van der Waals surface area contributed by atoms with Crippen molar-refractivity contribution >= 4 is 35.6 Å². The van der Waals surface area contributed by atoms with E-state index in [-0.39, 0.29) is 30.6 Å². The smallest absolute Gasteiger partial charge is 0.261 e. The summed E-state index contributed by atoms with van der Waals surface area (Å²) >= 11 is 1.39. The zero-order chi connectivity index (χ0) is 17.2. The summed E-state index contributed by atoms with van der Waals surface area (Å²) in [5.74, 6) is -0.115. The number of hydrogen-bond donors (Lipinski definition) is 2. The van der Waals surface area contributed by atoms with E-state index in [0.717, 1.165) is 6.42 Å². The minimum absolute atomic E-state index is 0. The fraction of sp³-hybridized carbons (Fsp3) is 0.333. The molecular formula is C18H24ClN3O2S. The number of carbonyl (C=O) groups excluding carboxylic acids is 2. The Hall–Kier alpha value is -1.89. The fourth-order valence-corrected chi connectivity index (χ4v) is 3.00. The Balaban J connectivity index is 0.00000312. The highest BCUT2D eigenvalue weighted by atomic mass is 35.5. The second kappa shape index (κ2) is 11.6. The molecule has 7 heteroatoms. The first-order valence-corrected chi connectivity index (χ1v) is 8.92. The van der Waals surface area contributed by atoms with E-state index >= 15 is 0 Å². The van der Waals surface area contributed by atoms with Crippen molar-refractivity contribution in [2.75, 3.05) is 26.2 Å². The summed E-state index contributed by atoms with van der Waals surface area (Å²) in [6.45, 7) is 1.94. The molecule has 0 saturated heterocycles. The molecule has 0 aliphatic rings. The predicted molar refractivity (Wildman–Crippen MR) is 104 cm³/mol. The largest absolute Gasteiger partial charge is 0.351 e. The Morgan fingerprint density at radius 2 is 1.84 bits per heavy atom. The van der Waals surface area contributed by atoms with Gasteiger partial charge in [-0.15, -0.1) is 23.7 Å². The number of carbonyl (C=O) groups is 2. The number of thiophene rings is 1. The molecule has 0 unspecified atom stereocenters. The maximum atomic E-state index is 12.3. The Kier molecular flexibility index (Phi) is 9.84. The Morgan fingerprint density at radius 3 is 2.48 bits per heavy atom. The first kappa shape index (κ1) is 21.2. The lowest BCUT2D eigenvalue weighted by Gasteiger charge is -2.22. The third-order valence-corrected chi connectivity index (χ3v) is 4.50. The van der Waals surface area contributed by atoms with Crippen LogP contribution in [0.5, 0.6) is 0 Å². The van der Waals surface area contributed by atoms with Gasteiger partial charge in [0, 0.05) is 32.6 Å². The highest BCUT2D eigenvalue weighted by Gasteiger charge is 2.13. The van der Waals surface area contributed by atoms with Gasteiger partial charge in [-0.1, -0.05) is 36.4 Å². The van der Waals surface area contributed by atoms with Crippen LogP contribution in [0, 0.1) is 0 Å². The number of amides is 2. The number of rotatable bonds is 9. The Labute approximate surface area is 158 Å². The van der Waals surface area contributed by atoms with Crippen molar-refractivity contribution in [2.24, 2.45) is 5.73 Å². The second-order valence-corrected chi connectivity index (χ2v) is 6.34. The van der Waals surface area contributed by atoms with Crippen LogP contribution in [-0.2, 0) is 11.2 Å². The minimum Gasteiger partial charge on any atom is -0.351 e. The van der Waals surface area contributed by atoms with Crippen molar-refractivity contribution < 1.29 is 9.59 Å². The lowest BCUT2D eigenvalue weighted by Crippen LogP contribution is -2.38. The van der Waals surface area contributed by atoms with E-state index in [1.165, 1.54) is 16.9 Å². The average Bonchev–Trinajstić information content (AvgIpc) is 3.14. The van der Waals surface area contributed by atoms with E-state index in [9.17, 15) is 9.59 Å². The highest BCUT2D eigenvalue weighted by Crippen LogP contribution is 2.08. The number of hydrogen-bond acceptors (Lipinski definition) is 4. The summed E-state index contributed by atoms with van der Waals surface area (Å²) in [6, 6.07) is 13.6. The zero-order valence-electron chi connectivity index (χ0n) is 14.0. The van der Waals surface area contributed by atoms with Crippen LogP contribution in [0.4, 0.5) is 0 Å². The van der Waals surface area contributed by atoms with Crippen molar-refractivity contribution in [2.45, 2.75) is 12.8 Å². The maximum absolute atomic E-state index is 12.3. The van der Waals surface area contributed by atoms with Gasteiger partial charge in [0.1, 0.15) is 0 Å². The van der Waals surface area contributed by atoms with E-state index in [0.29, 0.717) is 31.1 Å². The molecule has 0 fully saturated rings. The standard InChI is InChI=1S/C18H23N3O2S.ClH/c19-10-13-21(12-9-15-5-2-1-3-6-15)17(22)8-11-20-18(23)16-7-4-14-24-16;/h1-7,14H,8-13,19H2,(H,20,23);1H. The van der Waals surface area contributed by atoms with Gasteiger partial charge in [0.25, 0.3) is 5.91 Å². The number of halogens is 1. The zero-order valence-corrected chi connectivity index (χ0v) is 15.7. The fourth-order valence-electron chi connectivity index (χ4n) is 2.36. The quantitative estimate of drug-likeness (QED) is 0.699. The van der Waals surface area contributed by atoms with Gasteiger partial charge in [0.15, 0.2) is 0 Å². The highest BCUT2D eigenvalue weighted by molar-refractivity contribution is 7.12. The van der Waals surface area contributed by atoms with Gasteiger partial charge in [-0.3, -0.25) is 9.59 Å². The first-order valence-electron chi connectivity index (χ1n) is 8.04. The Morgan fingerprint density at radius 1 is 1.08 bits per heavy atom. The van der Waals surface area contributed by atoms with E-state index in [2.05, 4.69) is 5.32 Å². The molecule has 5 nitrogen and oxygen atoms in total. The Bertz CT molecular complexity index is 635. The third-order valence-electron chi connectivity index (χ3n) is 3.63. The molecule has 1 aromatic carbocycles. The molecule has 0 bridgehead atoms. The molecule has 0 atom stereocenters. The van der Waals surface area contributed by atoms with E-state index in [4.69, 9.17) is 5.73 Å². The molecule has 0 saturated carbocycles. The summed E-state index contributed by atoms with van der Waals surface area (Å²) in [5.41, 5.74) is 6.81. The van der Waals surface area contributed by atoms with Crippen LogP contribution in [0.15, 0.2) is 47.8 Å². The van der Waals surface area contributed by atoms with Crippen LogP contribution >= 0.6 is 23.7 Å². The average molecular weight is 382 g/mol. The van der Waals surface area contributed by atoms with Gasteiger partial charge >= 0.3 is 0 Å². The second-order valence-electron chi connectivity index (χ2n) is 5.39. The molecule has 0 aliphatic carbocycles. The summed E-state index contributed by atoms with van der Waals surface area (Å²) in [7, 11) is 0. The lowest BCUT2D eigenvalue weighted by molar-refractivity contribution is -0.130. The van der Waals surface area contributed by atoms with Crippen LogP contribution in [0.25, 0.3) is 0 Å². The van der Waals surface area contributed by atoms with Crippen molar-refractivity contribution in [1.82, 2.24) is 10.2 Å². The minimum atomic E-state index is -0.132. The third kappa shape index (κ3) is 7.25. The van der Waals surface area contributed by atoms with E-state index in [1.54, 1.807) is 11.0 Å². The molecule has 1 aromatic heterocycles. The van der Waals surface area contributed by atoms with Gasteiger partial charge in [0.2, 0.25) is 5.91 Å². The topological polar surface area (TPSA) is 75.4 Å². The molecule has 0 radical (unpaired) electrons. The monoisotopic (exact) mass is 381 g/mol. The van der Waals surface area contributed by atoms with Crippen LogP contribution in [-0.4, -0.2) is 42.9 Å². The van der Waals surface area contributed by atoms with Gasteiger partial charge in [0.05, 0.1) is 4.88 Å². The first-order chi connectivity index (χ1) is 11.7.